The molecule has 2 nitrogen and oxygen atoms in total. The van der Waals surface area contributed by atoms with Crippen LogP contribution in [0.3, 0.4) is 0 Å². The minimum absolute atomic E-state index is 0.527. The van der Waals surface area contributed by atoms with Gasteiger partial charge in [0.05, 0.1) is 5.60 Å². The number of hydrogen-bond donors (Lipinski definition) is 2. The summed E-state index contributed by atoms with van der Waals surface area (Å²) < 4.78 is 0. The van der Waals surface area contributed by atoms with E-state index < -0.39 is 5.60 Å². The molecule has 1 aromatic rings. The van der Waals surface area contributed by atoms with Gasteiger partial charge in [-0.1, -0.05) is 29.8 Å². The molecule has 1 aromatic carbocycles. The highest BCUT2D eigenvalue weighted by molar-refractivity contribution is 5.22. The lowest BCUT2D eigenvalue weighted by Gasteiger charge is -2.22. The fourth-order valence-corrected chi connectivity index (χ4v) is 1.55. The van der Waals surface area contributed by atoms with Crippen LogP contribution in [0.25, 0.3) is 0 Å². The normalized spacial score (nSPS) is 15.1. The van der Waals surface area contributed by atoms with Crippen LogP contribution in [0, 0.1) is 6.92 Å². The zero-order valence-corrected chi connectivity index (χ0v) is 8.96. The van der Waals surface area contributed by atoms with E-state index in [-0.39, 0.29) is 0 Å². The quantitative estimate of drug-likeness (QED) is 0.763. The van der Waals surface area contributed by atoms with Crippen molar-refractivity contribution in [1.29, 1.82) is 0 Å². The van der Waals surface area contributed by atoms with Gasteiger partial charge in [0.25, 0.3) is 0 Å². The highest BCUT2D eigenvalue weighted by atomic mass is 16.3. The predicted octanol–water partition coefficient (Wildman–Crippen LogP) is 1.64. The molecular formula is C12H19NO. The van der Waals surface area contributed by atoms with Crippen molar-refractivity contribution in [2.45, 2.75) is 32.3 Å². The van der Waals surface area contributed by atoms with E-state index in [2.05, 4.69) is 31.2 Å². The molecule has 2 heteroatoms. The molecule has 0 aliphatic heterocycles. The molecule has 0 heterocycles. The van der Waals surface area contributed by atoms with Crippen molar-refractivity contribution in [3.8, 4) is 0 Å². The minimum atomic E-state index is -0.677. The summed E-state index contributed by atoms with van der Waals surface area (Å²) in [7, 11) is 0. The van der Waals surface area contributed by atoms with Gasteiger partial charge in [0, 0.05) is 6.42 Å². The first kappa shape index (κ1) is 11.2. The average molecular weight is 193 g/mol. The Bertz CT molecular complexity index is 277. The van der Waals surface area contributed by atoms with Crippen molar-refractivity contribution < 1.29 is 5.11 Å². The summed E-state index contributed by atoms with van der Waals surface area (Å²) in [6.45, 7) is 4.42. The third kappa shape index (κ3) is 3.48. The maximum Gasteiger partial charge on any atom is 0.0671 e. The molecule has 0 saturated heterocycles. The summed E-state index contributed by atoms with van der Waals surface area (Å²) in [6, 6.07) is 8.24. The van der Waals surface area contributed by atoms with Gasteiger partial charge in [-0.2, -0.15) is 0 Å². The lowest BCUT2D eigenvalue weighted by molar-refractivity contribution is 0.0539. The van der Waals surface area contributed by atoms with Crippen molar-refractivity contribution >= 4 is 0 Å². The van der Waals surface area contributed by atoms with E-state index in [0.717, 1.165) is 5.56 Å². The standard InChI is InChI=1S/C12H19NO/c1-10-3-5-11(6-4-10)9-12(2,14)7-8-13/h3-6,14H,7-9,13H2,1-2H3. The molecule has 0 aromatic heterocycles. The van der Waals surface area contributed by atoms with Gasteiger partial charge in [-0.3, -0.25) is 0 Å². The Hall–Kier alpha value is -0.860. The van der Waals surface area contributed by atoms with Crippen LogP contribution in [0.5, 0.6) is 0 Å². The topological polar surface area (TPSA) is 46.2 Å². The zero-order chi connectivity index (χ0) is 10.6. The summed E-state index contributed by atoms with van der Waals surface area (Å²) >= 11 is 0. The molecule has 0 fully saturated rings. The van der Waals surface area contributed by atoms with Gasteiger partial charge in [0.1, 0.15) is 0 Å². The third-order valence-electron chi connectivity index (χ3n) is 2.39. The number of aryl methyl sites for hydroxylation is 1. The second kappa shape index (κ2) is 4.58. The molecule has 0 radical (unpaired) electrons. The van der Waals surface area contributed by atoms with Crippen molar-refractivity contribution in [2.24, 2.45) is 5.73 Å². The van der Waals surface area contributed by atoms with Crippen LogP contribution >= 0.6 is 0 Å². The molecule has 1 atom stereocenters. The van der Waals surface area contributed by atoms with Gasteiger partial charge in [-0.15, -0.1) is 0 Å². The van der Waals surface area contributed by atoms with Crippen LogP contribution in [0.15, 0.2) is 24.3 Å². The first-order valence-electron chi connectivity index (χ1n) is 5.01. The average Bonchev–Trinajstić information content (AvgIpc) is 2.08. The lowest BCUT2D eigenvalue weighted by Crippen LogP contribution is -2.30. The zero-order valence-electron chi connectivity index (χ0n) is 8.96. The summed E-state index contributed by atoms with van der Waals surface area (Å²) in [5.41, 5.74) is 7.16. The maximum atomic E-state index is 9.96. The van der Waals surface area contributed by atoms with E-state index in [9.17, 15) is 5.11 Å². The van der Waals surface area contributed by atoms with Gasteiger partial charge in [0.2, 0.25) is 0 Å². The first-order chi connectivity index (χ1) is 6.53. The number of hydrogen-bond acceptors (Lipinski definition) is 2. The van der Waals surface area contributed by atoms with Crippen molar-refractivity contribution in [3.05, 3.63) is 35.4 Å². The molecule has 0 amide bonds. The van der Waals surface area contributed by atoms with Crippen molar-refractivity contribution in [1.82, 2.24) is 0 Å². The molecular weight excluding hydrogens is 174 g/mol. The van der Waals surface area contributed by atoms with Gasteiger partial charge >= 0.3 is 0 Å². The predicted molar refractivity (Wildman–Crippen MR) is 59.2 cm³/mol. The van der Waals surface area contributed by atoms with Crippen LogP contribution in [0.1, 0.15) is 24.5 Å². The molecule has 3 N–H and O–H groups in total. The van der Waals surface area contributed by atoms with E-state index in [1.54, 1.807) is 0 Å². The van der Waals surface area contributed by atoms with Crippen molar-refractivity contribution in [2.75, 3.05) is 6.54 Å². The Labute approximate surface area is 85.8 Å². The molecule has 0 aliphatic rings. The third-order valence-corrected chi connectivity index (χ3v) is 2.39. The van der Waals surface area contributed by atoms with Gasteiger partial charge in [-0.25, -0.2) is 0 Å². The molecule has 78 valence electrons. The molecule has 0 saturated carbocycles. The Kier molecular flexibility index (Phi) is 3.67. The van der Waals surface area contributed by atoms with Gasteiger partial charge in [0.15, 0.2) is 0 Å². The Morgan fingerprint density at radius 2 is 1.86 bits per heavy atom. The van der Waals surface area contributed by atoms with E-state index in [0.29, 0.717) is 19.4 Å². The minimum Gasteiger partial charge on any atom is -0.390 e. The van der Waals surface area contributed by atoms with Gasteiger partial charge in [-0.05, 0) is 32.4 Å². The van der Waals surface area contributed by atoms with Crippen LogP contribution in [-0.2, 0) is 6.42 Å². The fourth-order valence-electron chi connectivity index (χ4n) is 1.55. The second-order valence-electron chi connectivity index (χ2n) is 4.20. The van der Waals surface area contributed by atoms with E-state index in [1.165, 1.54) is 5.56 Å². The summed E-state index contributed by atoms with van der Waals surface area (Å²) in [6.07, 6.45) is 1.31. The maximum absolute atomic E-state index is 9.96. The summed E-state index contributed by atoms with van der Waals surface area (Å²) in [5, 5.41) is 9.96. The molecule has 14 heavy (non-hydrogen) atoms. The largest absolute Gasteiger partial charge is 0.390 e. The molecule has 0 bridgehead atoms. The Morgan fingerprint density at radius 1 is 1.29 bits per heavy atom. The summed E-state index contributed by atoms with van der Waals surface area (Å²) in [5.74, 6) is 0. The van der Waals surface area contributed by atoms with Crippen LogP contribution < -0.4 is 5.73 Å². The SMILES string of the molecule is Cc1ccc(CC(C)(O)CCN)cc1. The molecule has 1 unspecified atom stereocenters. The highest BCUT2D eigenvalue weighted by Gasteiger charge is 2.19. The molecule has 0 aliphatic carbocycles. The van der Waals surface area contributed by atoms with Crippen LogP contribution in [-0.4, -0.2) is 17.3 Å². The summed E-state index contributed by atoms with van der Waals surface area (Å²) in [4.78, 5) is 0. The Morgan fingerprint density at radius 3 is 2.36 bits per heavy atom. The smallest absolute Gasteiger partial charge is 0.0671 e. The second-order valence-corrected chi connectivity index (χ2v) is 4.20. The van der Waals surface area contributed by atoms with Crippen LogP contribution in [0.4, 0.5) is 0 Å². The van der Waals surface area contributed by atoms with Crippen molar-refractivity contribution in [3.63, 3.8) is 0 Å². The monoisotopic (exact) mass is 193 g/mol. The van der Waals surface area contributed by atoms with E-state index >= 15 is 0 Å². The van der Waals surface area contributed by atoms with E-state index in [1.807, 2.05) is 6.92 Å². The Balaban J connectivity index is 2.64. The number of nitrogens with two attached hydrogens (primary N) is 1. The number of benzene rings is 1. The van der Waals surface area contributed by atoms with Crippen LogP contribution in [0.2, 0.25) is 0 Å². The fraction of sp³-hybridized carbons (Fsp3) is 0.500. The highest BCUT2D eigenvalue weighted by Crippen LogP contribution is 2.16. The first-order valence-corrected chi connectivity index (χ1v) is 5.01. The lowest BCUT2D eigenvalue weighted by atomic mass is 9.93. The molecule has 1 rings (SSSR count). The molecule has 0 spiro atoms. The van der Waals surface area contributed by atoms with Gasteiger partial charge < -0.3 is 10.8 Å². The number of aliphatic hydroxyl groups is 1. The number of rotatable bonds is 4. The van der Waals surface area contributed by atoms with E-state index in [4.69, 9.17) is 5.73 Å².